The maximum atomic E-state index is 12.4. The fourth-order valence-corrected chi connectivity index (χ4v) is 4.08. The number of ether oxygens (including phenoxy) is 2. The van der Waals surface area contributed by atoms with Gasteiger partial charge in [-0.15, -0.1) is 0 Å². The van der Waals surface area contributed by atoms with Crippen LogP contribution in [-0.2, 0) is 9.53 Å². The van der Waals surface area contributed by atoms with Gasteiger partial charge in [0, 0.05) is 31.0 Å². The molecule has 2 aliphatic rings. The van der Waals surface area contributed by atoms with E-state index in [1.807, 2.05) is 4.90 Å². The molecule has 0 aliphatic carbocycles. The van der Waals surface area contributed by atoms with Gasteiger partial charge in [-0.05, 0) is 38.1 Å². The predicted molar refractivity (Wildman–Crippen MR) is 97.3 cm³/mol. The second kappa shape index (κ2) is 8.39. The maximum absolute atomic E-state index is 12.4. The van der Waals surface area contributed by atoms with E-state index in [0.717, 1.165) is 39.0 Å². The molecular weight excluding hydrogens is 340 g/mol. The van der Waals surface area contributed by atoms with Crippen LogP contribution in [0.4, 0.5) is 0 Å². The lowest BCUT2D eigenvalue weighted by Crippen LogP contribution is -3.19. The van der Waals surface area contributed by atoms with Gasteiger partial charge in [0.1, 0.15) is 31.0 Å². The minimum Gasteiger partial charge on any atom is -0.484 e. The monoisotopic (exact) mass is 367 g/mol. The van der Waals surface area contributed by atoms with Crippen molar-refractivity contribution in [3.05, 3.63) is 29.3 Å². The first-order chi connectivity index (χ1) is 12.0. The molecule has 1 aromatic rings. The minimum absolute atomic E-state index is 0.0621. The molecule has 2 saturated heterocycles. The average Bonchev–Trinajstić information content (AvgIpc) is 2.60. The summed E-state index contributed by atoms with van der Waals surface area (Å²) < 4.78 is 11.4. The third-order valence-corrected chi connectivity index (χ3v) is 5.42. The Kier molecular flexibility index (Phi) is 6.20. The fourth-order valence-electron chi connectivity index (χ4n) is 3.95. The standard InChI is InChI=1S/C19H27ClN2O3/c1-14-11-22(12-15(2)25-14)17-7-9-21(10-8-17)19(23)13-24-18-5-3-16(20)4-6-18/h3-6,14-15,17H,7-13H2,1-2H3/p+1/t14-,15-/m1/s1. The number of carbonyl (C=O) groups is 1. The van der Waals surface area contributed by atoms with Gasteiger partial charge in [0.15, 0.2) is 6.61 Å². The van der Waals surface area contributed by atoms with Crippen LogP contribution in [0, 0.1) is 0 Å². The molecule has 25 heavy (non-hydrogen) atoms. The highest BCUT2D eigenvalue weighted by atomic mass is 35.5. The van der Waals surface area contributed by atoms with Crippen molar-refractivity contribution in [1.29, 1.82) is 0 Å². The molecule has 0 saturated carbocycles. The Balaban J connectivity index is 1.43. The number of morpholine rings is 1. The van der Waals surface area contributed by atoms with E-state index in [1.165, 1.54) is 0 Å². The number of piperidine rings is 1. The number of nitrogens with one attached hydrogen (secondary N) is 1. The molecule has 1 aromatic carbocycles. The highest BCUT2D eigenvalue weighted by Crippen LogP contribution is 2.16. The molecule has 0 bridgehead atoms. The largest absolute Gasteiger partial charge is 0.484 e. The van der Waals surface area contributed by atoms with E-state index in [2.05, 4.69) is 13.8 Å². The quantitative estimate of drug-likeness (QED) is 0.874. The summed E-state index contributed by atoms with van der Waals surface area (Å²) in [4.78, 5) is 15.9. The van der Waals surface area contributed by atoms with E-state index in [-0.39, 0.29) is 12.5 Å². The van der Waals surface area contributed by atoms with Gasteiger partial charge in [0.05, 0.1) is 6.04 Å². The fraction of sp³-hybridized carbons (Fsp3) is 0.632. The zero-order valence-electron chi connectivity index (χ0n) is 15.0. The van der Waals surface area contributed by atoms with Crippen molar-refractivity contribution in [1.82, 2.24) is 4.90 Å². The Morgan fingerprint density at radius 1 is 1.20 bits per heavy atom. The normalized spacial score (nSPS) is 28.0. The SMILES string of the molecule is C[C@@H]1C[NH+](C2CCN(C(=O)COc3ccc(Cl)cc3)CC2)C[C@@H](C)O1. The molecule has 2 fully saturated rings. The number of hydrogen-bond donors (Lipinski definition) is 1. The molecule has 6 heteroatoms. The number of amides is 1. The van der Waals surface area contributed by atoms with E-state index in [9.17, 15) is 4.79 Å². The van der Waals surface area contributed by atoms with Gasteiger partial charge >= 0.3 is 0 Å². The lowest BCUT2D eigenvalue weighted by atomic mass is 10.0. The Hall–Kier alpha value is -1.30. The van der Waals surface area contributed by atoms with Crippen LogP contribution < -0.4 is 9.64 Å². The lowest BCUT2D eigenvalue weighted by Gasteiger charge is -2.40. The number of rotatable bonds is 4. The molecule has 1 N–H and O–H groups in total. The first-order valence-electron chi connectivity index (χ1n) is 9.17. The smallest absolute Gasteiger partial charge is 0.260 e. The van der Waals surface area contributed by atoms with Crippen LogP contribution in [0.3, 0.4) is 0 Å². The first-order valence-corrected chi connectivity index (χ1v) is 9.55. The number of nitrogens with zero attached hydrogens (tertiary/aromatic N) is 1. The summed E-state index contributed by atoms with van der Waals surface area (Å²) in [5, 5.41) is 0.662. The molecule has 2 heterocycles. The highest BCUT2D eigenvalue weighted by Gasteiger charge is 2.34. The summed E-state index contributed by atoms with van der Waals surface area (Å²) in [6.07, 6.45) is 2.76. The maximum Gasteiger partial charge on any atom is 0.260 e. The van der Waals surface area contributed by atoms with Crippen LogP contribution in [0.1, 0.15) is 26.7 Å². The van der Waals surface area contributed by atoms with E-state index >= 15 is 0 Å². The highest BCUT2D eigenvalue weighted by molar-refractivity contribution is 6.30. The lowest BCUT2D eigenvalue weighted by molar-refractivity contribution is -0.940. The molecule has 138 valence electrons. The summed E-state index contributed by atoms with van der Waals surface area (Å²) in [7, 11) is 0. The molecule has 0 radical (unpaired) electrons. The number of halogens is 1. The van der Waals surface area contributed by atoms with Gasteiger partial charge in [-0.25, -0.2) is 0 Å². The molecule has 0 aromatic heterocycles. The van der Waals surface area contributed by atoms with Crippen LogP contribution in [0.25, 0.3) is 0 Å². The van der Waals surface area contributed by atoms with Crippen molar-refractivity contribution in [2.45, 2.75) is 44.9 Å². The zero-order chi connectivity index (χ0) is 17.8. The van der Waals surface area contributed by atoms with Crippen molar-refractivity contribution >= 4 is 17.5 Å². The molecule has 5 nitrogen and oxygen atoms in total. The van der Waals surface area contributed by atoms with Crippen molar-refractivity contribution in [2.75, 3.05) is 32.8 Å². The Morgan fingerprint density at radius 2 is 1.80 bits per heavy atom. The average molecular weight is 368 g/mol. The van der Waals surface area contributed by atoms with Crippen LogP contribution in [0.15, 0.2) is 24.3 Å². The van der Waals surface area contributed by atoms with Crippen molar-refractivity contribution in [3.63, 3.8) is 0 Å². The van der Waals surface area contributed by atoms with Crippen molar-refractivity contribution in [2.24, 2.45) is 0 Å². The summed E-state index contributed by atoms with van der Waals surface area (Å²) >= 11 is 5.85. The third kappa shape index (κ3) is 5.09. The molecular formula is C19H28ClN2O3+. The van der Waals surface area contributed by atoms with Gasteiger partial charge in [-0.2, -0.15) is 0 Å². The van der Waals surface area contributed by atoms with E-state index in [0.29, 0.717) is 29.0 Å². The summed E-state index contributed by atoms with van der Waals surface area (Å²) in [5.41, 5.74) is 0. The van der Waals surface area contributed by atoms with Crippen LogP contribution in [-0.4, -0.2) is 61.8 Å². The third-order valence-electron chi connectivity index (χ3n) is 5.16. The summed E-state index contributed by atoms with van der Waals surface area (Å²) in [5.74, 6) is 0.737. The van der Waals surface area contributed by atoms with Gasteiger partial charge in [-0.1, -0.05) is 11.6 Å². The minimum atomic E-state index is 0.0621. The second-order valence-electron chi connectivity index (χ2n) is 7.22. The van der Waals surface area contributed by atoms with Crippen molar-refractivity contribution in [3.8, 4) is 5.75 Å². The number of quaternary nitrogens is 1. The molecule has 0 spiro atoms. The van der Waals surface area contributed by atoms with Crippen LogP contribution >= 0.6 is 11.6 Å². The Morgan fingerprint density at radius 3 is 2.40 bits per heavy atom. The van der Waals surface area contributed by atoms with Gasteiger partial charge in [0.2, 0.25) is 0 Å². The van der Waals surface area contributed by atoms with Crippen molar-refractivity contribution < 1.29 is 19.2 Å². The molecule has 2 atom stereocenters. The Bertz CT molecular complexity index is 563. The van der Waals surface area contributed by atoms with E-state index in [1.54, 1.807) is 29.2 Å². The van der Waals surface area contributed by atoms with Crippen LogP contribution in [0.2, 0.25) is 5.02 Å². The molecule has 2 aliphatic heterocycles. The van der Waals surface area contributed by atoms with Crippen LogP contribution in [0.5, 0.6) is 5.75 Å². The van der Waals surface area contributed by atoms with Gasteiger partial charge in [0.25, 0.3) is 5.91 Å². The van der Waals surface area contributed by atoms with E-state index < -0.39 is 0 Å². The molecule has 3 rings (SSSR count). The topological polar surface area (TPSA) is 43.2 Å². The van der Waals surface area contributed by atoms with Gasteiger partial charge < -0.3 is 19.3 Å². The predicted octanol–water partition coefficient (Wildman–Crippen LogP) is 1.40. The molecule has 1 amide bonds. The summed E-state index contributed by atoms with van der Waals surface area (Å²) in [6.45, 7) is 8.18. The first kappa shape index (κ1) is 18.5. The number of carbonyl (C=O) groups excluding carboxylic acids is 1. The number of likely N-dealkylation sites (tertiary alicyclic amines) is 1. The summed E-state index contributed by atoms with van der Waals surface area (Å²) in [6, 6.07) is 7.73. The van der Waals surface area contributed by atoms with Gasteiger partial charge in [-0.3, -0.25) is 4.79 Å². The van der Waals surface area contributed by atoms with E-state index in [4.69, 9.17) is 21.1 Å². The second-order valence-corrected chi connectivity index (χ2v) is 7.66. The number of hydrogen-bond acceptors (Lipinski definition) is 3. The number of benzene rings is 1. The Labute approximate surface area is 154 Å². The zero-order valence-corrected chi connectivity index (χ0v) is 15.8. The molecule has 0 unspecified atom stereocenters.